The van der Waals surface area contributed by atoms with Gasteiger partial charge in [0.2, 0.25) is 0 Å². The van der Waals surface area contributed by atoms with Crippen LogP contribution in [0.2, 0.25) is 0 Å². The Morgan fingerprint density at radius 1 is 1.17 bits per heavy atom. The SMILES string of the molecule is CC1(C)[C@@H](C(=O)O)CC[C@]1(C)C(=NNc1ccc([NH+]([O-])O)cc1[NH+]([O-])O)C(=O)O. The highest BCUT2D eigenvalue weighted by Crippen LogP contribution is 2.56. The van der Waals surface area contributed by atoms with E-state index in [2.05, 4.69) is 10.5 Å². The van der Waals surface area contributed by atoms with Crippen LogP contribution < -0.4 is 15.9 Å². The zero-order valence-corrected chi connectivity index (χ0v) is 16.1. The van der Waals surface area contributed by atoms with Gasteiger partial charge in [-0.15, -0.1) is 0 Å². The van der Waals surface area contributed by atoms with E-state index in [1.165, 1.54) is 6.07 Å². The quantitative estimate of drug-likeness (QED) is 0.236. The number of carboxylic acid groups (broad SMARTS) is 2. The van der Waals surface area contributed by atoms with Crippen LogP contribution >= 0.6 is 0 Å². The molecule has 160 valence electrons. The summed E-state index contributed by atoms with van der Waals surface area (Å²) in [6.07, 6.45) is 0.548. The molecule has 0 heterocycles. The fourth-order valence-corrected chi connectivity index (χ4v) is 3.83. The van der Waals surface area contributed by atoms with Gasteiger partial charge < -0.3 is 20.6 Å². The zero-order valence-electron chi connectivity index (χ0n) is 16.1. The lowest BCUT2D eigenvalue weighted by Crippen LogP contribution is -3.00. The predicted octanol–water partition coefficient (Wildman–Crippen LogP) is -0.127. The zero-order chi connectivity index (χ0) is 22.1. The normalized spacial score (nSPS) is 26.0. The minimum Gasteiger partial charge on any atom is -0.595 e. The van der Waals surface area contributed by atoms with Crippen LogP contribution in [0.3, 0.4) is 0 Å². The molecule has 2 unspecified atom stereocenters. The average Bonchev–Trinajstić information content (AvgIpc) is 2.84. The molecular weight excluding hydrogens is 388 g/mol. The van der Waals surface area contributed by atoms with Crippen molar-refractivity contribution in [3.05, 3.63) is 28.6 Å². The van der Waals surface area contributed by atoms with Crippen LogP contribution in [-0.4, -0.2) is 38.3 Å². The lowest BCUT2D eigenvalue weighted by atomic mass is 9.63. The van der Waals surface area contributed by atoms with Crippen molar-refractivity contribution in [2.75, 3.05) is 5.43 Å². The second kappa shape index (κ2) is 8.02. The molecule has 1 aromatic rings. The van der Waals surface area contributed by atoms with Crippen LogP contribution in [0.15, 0.2) is 23.3 Å². The first-order chi connectivity index (χ1) is 13.3. The van der Waals surface area contributed by atoms with Crippen LogP contribution in [0.4, 0.5) is 17.1 Å². The van der Waals surface area contributed by atoms with Crippen LogP contribution in [0.25, 0.3) is 0 Å². The molecule has 0 spiro atoms. The third kappa shape index (κ3) is 4.07. The smallest absolute Gasteiger partial charge is 0.352 e. The van der Waals surface area contributed by atoms with Crippen LogP contribution in [-0.2, 0) is 9.59 Å². The lowest BCUT2D eigenvalue weighted by molar-refractivity contribution is -0.996. The summed E-state index contributed by atoms with van der Waals surface area (Å²) in [5, 5.41) is 61.2. The summed E-state index contributed by atoms with van der Waals surface area (Å²) < 4.78 is 0. The molecule has 0 amide bonds. The number of nitrogens with one attached hydrogen (secondary N) is 3. The van der Waals surface area contributed by atoms with Crippen molar-refractivity contribution in [2.24, 2.45) is 21.8 Å². The molecule has 12 heteroatoms. The minimum atomic E-state index is -1.42. The Kier molecular flexibility index (Phi) is 6.27. The van der Waals surface area contributed by atoms with E-state index in [-0.39, 0.29) is 29.9 Å². The fourth-order valence-electron chi connectivity index (χ4n) is 3.83. The number of aliphatic carboxylic acids is 2. The summed E-state index contributed by atoms with van der Waals surface area (Å²) in [6, 6.07) is 3.28. The molecule has 0 aliphatic heterocycles. The van der Waals surface area contributed by atoms with E-state index in [1.54, 1.807) is 20.8 Å². The Morgan fingerprint density at radius 2 is 1.79 bits per heavy atom. The molecule has 1 aliphatic carbocycles. The van der Waals surface area contributed by atoms with Crippen molar-refractivity contribution >= 4 is 34.7 Å². The Balaban J connectivity index is 2.46. The van der Waals surface area contributed by atoms with Gasteiger partial charge in [0.05, 0.1) is 12.0 Å². The summed E-state index contributed by atoms with van der Waals surface area (Å²) in [5.41, 5.74) is -0.670. The van der Waals surface area contributed by atoms with Crippen molar-refractivity contribution in [1.29, 1.82) is 0 Å². The van der Waals surface area contributed by atoms with E-state index in [4.69, 9.17) is 5.21 Å². The van der Waals surface area contributed by atoms with Crippen LogP contribution in [0.5, 0.6) is 0 Å². The molecule has 0 bridgehead atoms. The topological polar surface area (TPSA) is 194 Å². The first kappa shape index (κ1) is 22.7. The van der Waals surface area contributed by atoms with E-state index >= 15 is 0 Å². The number of benzene rings is 1. The summed E-state index contributed by atoms with van der Waals surface area (Å²) in [7, 11) is 0. The highest BCUT2D eigenvalue weighted by Gasteiger charge is 2.58. The number of quaternary nitrogens is 2. The Bertz CT molecular complexity index is 839. The first-order valence-electron chi connectivity index (χ1n) is 8.74. The highest BCUT2D eigenvalue weighted by atomic mass is 16.8. The maximum Gasteiger partial charge on any atom is 0.352 e. The third-order valence-electron chi connectivity index (χ3n) is 6.03. The Hall–Kier alpha value is -2.61. The van der Waals surface area contributed by atoms with E-state index in [9.17, 15) is 35.4 Å². The molecule has 0 saturated heterocycles. The molecule has 1 aliphatic rings. The molecule has 1 fully saturated rings. The van der Waals surface area contributed by atoms with Gasteiger partial charge in [0.25, 0.3) is 0 Å². The molecule has 29 heavy (non-hydrogen) atoms. The lowest BCUT2D eigenvalue weighted by Gasteiger charge is -2.39. The molecular formula is C17H24N4O8. The number of hydrazone groups is 1. The molecule has 1 aromatic carbocycles. The number of carboxylic acids is 2. The van der Waals surface area contributed by atoms with Gasteiger partial charge in [0, 0.05) is 11.5 Å². The standard InChI is InChI=1S/C17H24N4O8/c1-16(2)10(14(22)23)6-7-17(16,3)13(15(24)25)19-18-11-5-4-9(20(26)27)8-12(11)21(28)29/h4-5,8,10,18,20-21,26,28H,6-7H2,1-3H3,(H,22,23)(H,24,25)/t10-,17-/m1/s1. The summed E-state index contributed by atoms with van der Waals surface area (Å²) >= 11 is 0. The molecule has 7 N–H and O–H groups in total. The maximum atomic E-state index is 11.9. The summed E-state index contributed by atoms with van der Waals surface area (Å²) in [6.45, 7) is 4.96. The van der Waals surface area contributed by atoms with Crippen LogP contribution in [0.1, 0.15) is 33.6 Å². The Morgan fingerprint density at radius 3 is 2.24 bits per heavy atom. The van der Waals surface area contributed by atoms with Crippen molar-refractivity contribution in [3.8, 4) is 0 Å². The van der Waals surface area contributed by atoms with Crippen LogP contribution in [0, 0.1) is 27.2 Å². The van der Waals surface area contributed by atoms with Gasteiger partial charge in [-0.3, -0.25) is 10.2 Å². The van der Waals surface area contributed by atoms with Gasteiger partial charge in [0.1, 0.15) is 5.69 Å². The van der Waals surface area contributed by atoms with Gasteiger partial charge in [-0.2, -0.15) is 15.6 Å². The number of carbonyl (C=O) groups is 2. The molecule has 0 aromatic heterocycles. The number of hydrogen-bond donors (Lipinski definition) is 7. The summed E-state index contributed by atoms with van der Waals surface area (Å²) in [4.78, 5) is 23.5. The van der Waals surface area contributed by atoms with Gasteiger partial charge >= 0.3 is 11.9 Å². The number of hydrogen-bond acceptors (Lipinski definition) is 8. The number of nitrogens with zero attached hydrogens (tertiary/aromatic N) is 1. The fraction of sp³-hybridized carbons (Fsp3) is 0.471. The van der Waals surface area contributed by atoms with Crippen molar-refractivity contribution in [3.63, 3.8) is 0 Å². The van der Waals surface area contributed by atoms with E-state index in [0.29, 0.717) is 0 Å². The molecule has 0 radical (unpaired) electrons. The van der Waals surface area contributed by atoms with Crippen molar-refractivity contribution in [1.82, 2.24) is 0 Å². The van der Waals surface area contributed by atoms with E-state index in [0.717, 1.165) is 12.1 Å². The highest BCUT2D eigenvalue weighted by molar-refractivity contribution is 6.38. The molecule has 12 nitrogen and oxygen atoms in total. The molecule has 2 rings (SSSR count). The monoisotopic (exact) mass is 412 g/mol. The first-order valence-corrected chi connectivity index (χ1v) is 8.74. The predicted molar refractivity (Wildman–Crippen MR) is 98.9 cm³/mol. The largest absolute Gasteiger partial charge is 0.595 e. The second-order valence-electron chi connectivity index (χ2n) is 7.73. The van der Waals surface area contributed by atoms with Gasteiger partial charge in [-0.25, -0.2) is 15.2 Å². The van der Waals surface area contributed by atoms with Gasteiger partial charge in [-0.1, -0.05) is 20.8 Å². The average molecular weight is 412 g/mol. The third-order valence-corrected chi connectivity index (χ3v) is 6.03. The van der Waals surface area contributed by atoms with Gasteiger partial charge in [0.15, 0.2) is 17.1 Å². The molecule has 1 saturated carbocycles. The molecule has 4 atom stereocenters. The Labute approximate surface area is 165 Å². The summed E-state index contributed by atoms with van der Waals surface area (Å²) in [5.74, 6) is -3.14. The number of rotatable bonds is 7. The number of anilines is 1. The maximum absolute atomic E-state index is 11.9. The van der Waals surface area contributed by atoms with E-state index in [1.807, 2.05) is 0 Å². The second-order valence-corrected chi connectivity index (χ2v) is 7.73. The van der Waals surface area contributed by atoms with E-state index < -0.39 is 44.8 Å². The van der Waals surface area contributed by atoms with Crippen molar-refractivity contribution in [2.45, 2.75) is 33.6 Å². The minimum absolute atomic E-state index is 0.0876. The van der Waals surface area contributed by atoms with Crippen molar-refractivity contribution < 1.29 is 40.7 Å². The van der Waals surface area contributed by atoms with Gasteiger partial charge in [-0.05, 0) is 24.3 Å².